The Kier molecular flexibility index (Phi) is 6.84. The zero-order chi connectivity index (χ0) is 30.0. The molecule has 0 saturated heterocycles. The molecule has 0 bridgehead atoms. The lowest BCUT2D eigenvalue weighted by Crippen LogP contribution is -2.10. The first kappa shape index (κ1) is 26.7. The topological polar surface area (TPSA) is 50.8 Å². The number of fused-ring (bicyclic) bond motifs is 3. The smallest absolute Gasteiger partial charge is 0.100 e. The highest BCUT2D eigenvalue weighted by Gasteiger charge is 2.16. The van der Waals surface area contributed by atoms with Crippen LogP contribution >= 0.6 is 0 Å². The summed E-state index contributed by atoms with van der Waals surface area (Å²) < 4.78 is 0. The quantitative estimate of drug-likeness (QED) is 0.155. The number of rotatable bonds is 5. The van der Waals surface area contributed by atoms with Gasteiger partial charge in [0.15, 0.2) is 0 Å². The summed E-state index contributed by atoms with van der Waals surface area (Å²) in [5.41, 5.74) is 7.62. The Labute approximate surface area is 256 Å². The molecule has 0 saturated carbocycles. The lowest BCUT2D eigenvalue weighted by molar-refractivity contribution is 1.29. The van der Waals surface area contributed by atoms with Gasteiger partial charge in [-0.2, -0.15) is 10.5 Å². The maximum Gasteiger partial charge on any atom is 0.100 e. The molecule has 0 aliphatic heterocycles. The van der Waals surface area contributed by atoms with E-state index in [0.29, 0.717) is 11.1 Å². The highest BCUT2D eigenvalue weighted by Crippen LogP contribution is 2.39. The van der Waals surface area contributed by atoms with E-state index in [-0.39, 0.29) is 0 Å². The Morgan fingerprint density at radius 2 is 1.09 bits per heavy atom. The maximum absolute atomic E-state index is 10.2. The number of nitriles is 2. The predicted octanol–water partition coefficient (Wildman–Crippen LogP) is 10.8. The van der Waals surface area contributed by atoms with Crippen LogP contribution in [0.15, 0.2) is 133 Å². The number of hydrogen-bond acceptors (Lipinski definition) is 3. The molecule has 0 unspecified atom stereocenters. The third-order valence-corrected chi connectivity index (χ3v) is 8.21. The van der Waals surface area contributed by atoms with Crippen LogP contribution in [-0.2, 0) is 0 Å². The van der Waals surface area contributed by atoms with E-state index < -0.39 is 0 Å². The molecular weight excluding hydrogens is 534 g/mol. The van der Waals surface area contributed by atoms with Crippen LogP contribution in [0.5, 0.6) is 0 Å². The van der Waals surface area contributed by atoms with E-state index >= 15 is 0 Å². The molecule has 7 aromatic rings. The molecular formula is C41H27N3. The maximum atomic E-state index is 10.2. The molecule has 0 aliphatic rings. The molecule has 0 amide bonds. The second-order valence-electron chi connectivity index (χ2n) is 10.9. The van der Waals surface area contributed by atoms with Gasteiger partial charge in [0, 0.05) is 38.3 Å². The van der Waals surface area contributed by atoms with E-state index in [4.69, 9.17) is 0 Å². The average Bonchev–Trinajstić information content (AvgIpc) is 3.08. The third-order valence-electron chi connectivity index (χ3n) is 8.21. The molecule has 0 fully saturated rings. The zero-order valence-corrected chi connectivity index (χ0v) is 24.2. The van der Waals surface area contributed by atoms with Gasteiger partial charge in [-0.15, -0.1) is 0 Å². The van der Waals surface area contributed by atoms with Crippen molar-refractivity contribution in [1.82, 2.24) is 0 Å². The van der Waals surface area contributed by atoms with E-state index in [9.17, 15) is 10.5 Å². The van der Waals surface area contributed by atoms with Crippen LogP contribution in [0.2, 0.25) is 0 Å². The first-order chi connectivity index (χ1) is 21.7. The van der Waals surface area contributed by atoms with Crippen LogP contribution in [-0.4, -0.2) is 0 Å². The monoisotopic (exact) mass is 561 g/mol. The summed E-state index contributed by atoms with van der Waals surface area (Å²) in [7, 11) is 0. The van der Waals surface area contributed by atoms with E-state index in [1.165, 1.54) is 16.3 Å². The first-order valence-electron chi connectivity index (χ1n) is 14.6. The van der Waals surface area contributed by atoms with Gasteiger partial charge in [0.2, 0.25) is 0 Å². The summed E-state index contributed by atoms with van der Waals surface area (Å²) in [6, 6.07) is 50.4. The minimum absolute atomic E-state index is 0.592. The van der Waals surface area contributed by atoms with Crippen molar-refractivity contribution in [2.45, 2.75) is 6.92 Å². The number of nitrogens with zero attached hydrogens (tertiary/aromatic N) is 3. The lowest BCUT2D eigenvalue weighted by Gasteiger charge is -2.27. The lowest BCUT2D eigenvalue weighted by atomic mass is 9.90. The molecule has 0 heterocycles. The van der Waals surface area contributed by atoms with Crippen molar-refractivity contribution in [3.05, 3.63) is 161 Å². The summed E-state index contributed by atoms with van der Waals surface area (Å²) in [6.07, 6.45) is 4.10. The van der Waals surface area contributed by atoms with Gasteiger partial charge >= 0.3 is 0 Å². The number of benzene rings is 7. The fourth-order valence-corrected chi connectivity index (χ4v) is 6.08. The molecule has 0 radical (unpaired) electrons. The Bertz CT molecular complexity index is 2290. The Morgan fingerprint density at radius 1 is 0.523 bits per heavy atom. The minimum Gasteiger partial charge on any atom is -0.310 e. The van der Waals surface area contributed by atoms with Crippen LogP contribution in [0, 0.1) is 29.6 Å². The summed E-state index contributed by atoms with van der Waals surface area (Å²) >= 11 is 0. The Hall–Kier alpha value is -6.16. The minimum atomic E-state index is 0.592. The molecule has 0 atom stereocenters. The number of hydrogen-bond donors (Lipinski definition) is 0. The molecule has 0 spiro atoms. The number of anilines is 3. The van der Waals surface area contributed by atoms with E-state index in [0.717, 1.165) is 49.7 Å². The molecule has 44 heavy (non-hydrogen) atoms. The molecule has 7 aromatic carbocycles. The second kappa shape index (κ2) is 11.3. The predicted molar refractivity (Wildman–Crippen MR) is 183 cm³/mol. The fourth-order valence-electron chi connectivity index (χ4n) is 6.08. The van der Waals surface area contributed by atoms with Crippen LogP contribution in [0.4, 0.5) is 17.1 Å². The summed E-state index contributed by atoms with van der Waals surface area (Å²) in [5.74, 6) is 0. The van der Waals surface area contributed by atoms with Gasteiger partial charge in [-0.05, 0) is 53.8 Å². The van der Waals surface area contributed by atoms with Gasteiger partial charge in [-0.25, -0.2) is 0 Å². The van der Waals surface area contributed by atoms with Crippen molar-refractivity contribution in [1.29, 1.82) is 10.5 Å². The van der Waals surface area contributed by atoms with Gasteiger partial charge in [-0.3, -0.25) is 0 Å². The van der Waals surface area contributed by atoms with Gasteiger partial charge in [0.05, 0.1) is 16.8 Å². The Balaban J connectivity index is 1.31. The number of aryl methyl sites for hydroxylation is 1. The van der Waals surface area contributed by atoms with Crippen LogP contribution < -0.4 is 4.90 Å². The van der Waals surface area contributed by atoms with Crippen LogP contribution in [0.3, 0.4) is 0 Å². The molecule has 3 nitrogen and oxygen atoms in total. The molecule has 0 aromatic heterocycles. The van der Waals surface area contributed by atoms with Crippen molar-refractivity contribution in [3.63, 3.8) is 0 Å². The average molecular weight is 562 g/mol. The van der Waals surface area contributed by atoms with Gasteiger partial charge in [0.1, 0.15) is 12.1 Å². The SMILES string of the molecule is Cc1ccc(N(c2ccc(C=Cc3cccc4c(C#N)c5ccccc5c(C#N)c34)cc2)c2cccc3ccccc23)cc1. The van der Waals surface area contributed by atoms with Gasteiger partial charge in [0.25, 0.3) is 0 Å². The van der Waals surface area contributed by atoms with Crippen molar-refractivity contribution in [3.8, 4) is 12.1 Å². The zero-order valence-electron chi connectivity index (χ0n) is 24.2. The highest BCUT2D eigenvalue weighted by molar-refractivity contribution is 6.12. The van der Waals surface area contributed by atoms with Crippen LogP contribution in [0.25, 0.3) is 44.5 Å². The third kappa shape index (κ3) is 4.64. The largest absolute Gasteiger partial charge is 0.310 e. The van der Waals surface area contributed by atoms with Crippen molar-refractivity contribution < 1.29 is 0 Å². The van der Waals surface area contributed by atoms with E-state index in [1.807, 2.05) is 48.5 Å². The Morgan fingerprint density at radius 3 is 1.80 bits per heavy atom. The molecule has 7 rings (SSSR count). The van der Waals surface area contributed by atoms with Crippen molar-refractivity contribution in [2.24, 2.45) is 0 Å². The van der Waals surface area contributed by atoms with Crippen molar-refractivity contribution >= 4 is 61.5 Å². The standard InChI is InChI=1S/C41H27N3/c1-28-16-22-32(23-17-28)44(40-15-7-9-30-8-2-3-11-34(30)40)33-24-19-29(20-25-33)18-21-31-10-6-14-37-38(26-42)35-12-4-5-13-36(35)39(27-43)41(31)37/h2-25H,1H3. The second-order valence-corrected chi connectivity index (χ2v) is 10.9. The van der Waals surface area contributed by atoms with Gasteiger partial charge < -0.3 is 4.90 Å². The van der Waals surface area contributed by atoms with Gasteiger partial charge in [-0.1, -0.05) is 121 Å². The molecule has 206 valence electrons. The summed E-state index contributed by atoms with van der Waals surface area (Å²) in [5, 5.41) is 25.8. The normalized spacial score (nSPS) is 11.2. The first-order valence-corrected chi connectivity index (χ1v) is 14.6. The summed E-state index contributed by atoms with van der Waals surface area (Å²) in [6.45, 7) is 2.10. The van der Waals surface area contributed by atoms with E-state index in [2.05, 4.69) is 121 Å². The van der Waals surface area contributed by atoms with E-state index in [1.54, 1.807) is 0 Å². The molecule has 3 heteroatoms. The highest BCUT2D eigenvalue weighted by atomic mass is 15.1. The van der Waals surface area contributed by atoms with Crippen LogP contribution in [0.1, 0.15) is 27.8 Å². The van der Waals surface area contributed by atoms with Crippen molar-refractivity contribution in [2.75, 3.05) is 4.90 Å². The molecule has 0 N–H and O–H groups in total. The fraction of sp³-hybridized carbons (Fsp3) is 0.0244. The molecule has 0 aliphatic carbocycles. The summed E-state index contributed by atoms with van der Waals surface area (Å²) in [4.78, 5) is 2.30.